The van der Waals surface area contributed by atoms with Gasteiger partial charge in [0, 0.05) is 27.2 Å². The van der Waals surface area contributed by atoms with Crippen molar-refractivity contribution in [1.29, 1.82) is 0 Å². The first kappa shape index (κ1) is 20.2. The van der Waals surface area contributed by atoms with Gasteiger partial charge in [-0.3, -0.25) is 4.79 Å². The van der Waals surface area contributed by atoms with Crippen molar-refractivity contribution >= 4 is 21.9 Å². The zero-order chi connectivity index (χ0) is 19.5. The fourth-order valence-corrected chi connectivity index (χ4v) is 3.75. The molecular weight excluding hydrogens is 360 g/mol. The Labute approximate surface area is 153 Å². The first-order chi connectivity index (χ1) is 12.2. The van der Waals surface area contributed by atoms with Gasteiger partial charge in [0.1, 0.15) is 10.6 Å². The van der Waals surface area contributed by atoms with Crippen LogP contribution in [0.3, 0.4) is 0 Å². The second kappa shape index (κ2) is 8.05. The van der Waals surface area contributed by atoms with Crippen LogP contribution in [0, 0.1) is 0 Å². The van der Waals surface area contributed by atoms with E-state index < -0.39 is 22.1 Å². The van der Waals surface area contributed by atoms with E-state index in [4.69, 9.17) is 9.47 Å². The number of rotatable bonds is 6. The molecule has 0 saturated carbocycles. The largest absolute Gasteiger partial charge is 0.495 e. The molecule has 1 saturated heterocycles. The average molecular weight is 384 g/mol. The van der Waals surface area contributed by atoms with E-state index in [1.807, 2.05) is 0 Å². The van der Waals surface area contributed by atoms with Crippen LogP contribution in [-0.2, 0) is 19.6 Å². The summed E-state index contributed by atoms with van der Waals surface area (Å²) in [6.07, 6.45) is 0.949. The molecule has 1 aromatic carbocycles. The highest BCUT2D eigenvalue weighted by Gasteiger charge is 2.28. The lowest BCUT2D eigenvalue weighted by Gasteiger charge is -2.20. The fourth-order valence-electron chi connectivity index (χ4n) is 2.68. The minimum absolute atomic E-state index is 0.0345. The van der Waals surface area contributed by atoms with E-state index in [1.54, 1.807) is 4.90 Å². The van der Waals surface area contributed by atoms with Crippen LogP contribution >= 0.6 is 0 Å². The number of ether oxygens (including phenoxy) is 2. The van der Waals surface area contributed by atoms with Crippen LogP contribution < -0.4 is 4.74 Å². The van der Waals surface area contributed by atoms with Crippen LogP contribution in [0.25, 0.3) is 0 Å². The van der Waals surface area contributed by atoms with Gasteiger partial charge < -0.3 is 14.4 Å². The number of esters is 1. The molecule has 8 nitrogen and oxygen atoms in total. The van der Waals surface area contributed by atoms with Crippen molar-refractivity contribution in [2.75, 3.05) is 34.3 Å². The van der Waals surface area contributed by atoms with E-state index in [1.165, 1.54) is 46.3 Å². The maximum atomic E-state index is 12.4. The molecule has 144 valence electrons. The number of methoxy groups -OCH3 is 1. The third-order valence-electron chi connectivity index (χ3n) is 4.21. The highest BCUT2D eigenvalue weighted by molar-refractivity contribution is 7.89. The molecule has 0 radical (unpaired) electrons. The van der Waals surface area contributed by atoms with Gasteiger partial charge in [-0.1, -0.05) is 0 Å². The molecule has 0 bridgehead atoms. The molecule has 1 heterocycles. The monoisotopic (exact) mass is 384 g/mol. The molecule has 1 amide bonds. The van der Waals surface area contributed by atoms with Crippen molar-refractivity contribution in [2.24, 2.45) is 0 Å². The van der Waals surface area contributed by atoms with E-state index >= 15 is 0 Å². The van der Waals surface area contributed by atoms with E-state index in [9.17, 15) is 18.0 Å². The lowest BCUT2D eigenvalue weighted by atomic mass is 10.2. The summed E-state index contributed by atoms with van der Waals surface area (Å²) in [4.78, 5) is 26.2. The van der Waals surface area contributed by atoms with Gasteiger partial charge in [0.2, 0.25) is 10.0 Å². The van der Waals surface area contributed by atoms with Crippen molar-refractivity contribution in [2.45, 2.75) is 30.8 Å². The van der Waals surface area contributed by atoms with Crippen LogP contribution in [0.4, 0.5) is 0 Å². The number of amides is 1. The minimum Gasteiger partial charge on any atom is -0.495 e. The smallest absolute Gasteiger partial charge is 0.338 e. The second-order valence-corrected chi connectivity index (χ2v) is 8.35. The molecule has 1 atom stereocenters. The third-order valence-corrected chi connectivity index (χ3v) is 6.04. The minimum atomic E-state index is -3.81. The summed E-state index contributed by atoms with van der Waals surface area (Å²) in [5.41, 5.74) is 0.0345. The summed E-state index contributed by atoms with van der Waals surface area (Å²) in [6.45, 7) is 2.84. The third kappa shape index (κ3) is 4.16. The Kier molecular flexibility index (Phi) is 6.25. The predicted octanol–water partition coefficient (Wildman–Crippen LogP) is 1.11. The maximum absolute atomic E-state index is 12.4. The summed E-state index contributed by atoms with van der Waals surface area (Å²) in [6, 6.07) is 3.99. The van der Waals surface area contributed by atoms with Gasteiger partial charge in [0.25, 0.3) is 5.91 Å². The summed E-state index contributed by atoms with van der Waals surface area (Å²) >= 11 is 0. The first-order valence-electron chi connectivity index (χ1n) is 8.29. The number of sulfonamides is 1. The molecule has 1 aliphatic heterocycles. The average Bonchev–Trinajstić information content (AvgIpc) is 3.14. The Morgan fingerprint density at radius 2 is 1.81 bits per heavy atom. The van der Waals surface area contributed by atoms with Gasteiger partial charge in [-0.15, -0.1) is 0 Å². The normalized spacial score (nSPS) is 15.8. The topological polar surface area (TPSA) is 93.2 Å². The molecule has 2 rings (SSSR count). The highest BCUT2D eigenvalue weighted by Crippen LogP contribution is 2.27. The van der Waals surface area contributed by atoms with Crippen LogP contribution in [0.5, 0.6) is 5.75 Å². The van der Waals surface area contributed by atoms with Gasteiger partial charge in [-0.05, 0) is 38.0 Å². The Morgan fingerprint density at radius 3 is 2.35 bits per heavy atom. The van der Waals surface area contributed by atoms with Crippen molar-refractivity contribution in [3.63, 3.8) is 0 Å². The number of likely N-dealkylation sites (tertiary alicyclic amines) is 1. The Bertz CT molecular complexity index is 784. The van der Waals surface area contributed by atoms with Gasteiger partial charge in [-0.2, -0.15) is 0 Å². The van der Waals surface area contributed by atoms with Crippen molar-refractivity contribution in [3.05, 3.63) is 23.8 Å². The number of benzene rings is 1. The number of carbonyl (C=O) groups excluding carboxylic acids is 2. The van der Waals surface area contributed by atoms with Gasteiger partial charge in [0.15, 0.2) is 6.10 Å². The fraction of sp³-hybridized carbons (Fsp3) is 0.529. The zero-order valence-electron chi connectivity index (χ0n) is 15.4. The van der Waals surface area contributed by atoms with E-state index in [0.29, 0.717) is 13.1 Å². The highest BCUT2D eigenvalue weighted by atomic mass is 32.2. The molecule has 0 aliphatic carbocycles. The summed E-state index contributed by atoms with van der Waals surface area (Å²) < 4.78 is 36.2. The van der Waals surface area contributed by atoms with Crippen LogP contribution in [0.15, 0.2) is 23.1 Å². The second-order valence-electron chi connectivity index (χ2n) is 6.23. The van der Waals surface area contributed by atoms with Gasteiger partial charge >= 0.3 is 5.97 Å². The summed E-state index contributed by atoms with van der Waals surface area (Å²) in [5.74, 6) is -0.884. The quantitative estimate of drug-likeness (QED) is 0.682. The summed E-state index contributed by atoms with van der Waals surface area (Å²) in [5, 5.41) is 0. The van der Waals surface area contributed by atoms with Crippen molar-refractivity contribution < 1.29 is 27.5 Å². The van der Waals surface area contributed by atoms with E-state index in [0.717, 1.165) is 17.1 Å². The van der Waals surface area contributed by atoms with Gasteiger partial charge in [0.05, 0.1) is 12.7 Å². The number of hydrogen-bond acceptors (Lipinski definition) is 6. The molecule has 26 heavy (non-hydrogen) atoms. The van der Waals surface area contributed by atoms with Gasteiger partial charge in [-0.25, -0.2) is 17.5 Å². The summed E-state index contributed by atoms with van der Waals surface area (Å²) in [7, 11) is 0.309. The molecular formula is C17H24N2O6S. The lowest BCUT2D eigenvalue weighted by Crippen LogP contribution is -2.38. The Hall–Kier alpha value is -2.13. The molecule has 1 aromatic rings. The number of carbonyl (C=O) groups is 2. The molecule has 0 unspecified atom stereocenters. The van der Waals surface area contributed by atoms with Crippen LogP contribution in [0.1, 0.15) is 30.1 Å². The standard InChI is InChI=1S/C17H24N2O6S/c1-12(16(20)19-9-5-6-10-19)25-17(21)13-7-8-14(24-4)15(11-13)26(22,23)18(2)3/h7-8,11-12H,5-6,9-10H2,1-4H3/t12-/m0/s1. The maximum Gasteiger partial charge on any atom is 0.338 e. The van der Waals surface area contributed by atoms with Crippen LogP contribution in [-0.4, -0.2) is 69.9 Å². The SMILES string of the molecule is COc1ccc(C(=O)O[C@@H](C)C(=O)N2CCCC2)cc1S(=O)(=O)N(C)C. The van der Waals surface area contributed by atoms with Crippen molar-refractivity contribution in [3.8, 4) is 5.75 Å². The molecule has 0 aromatic heterocycles. The molecule has 1 fully saturated rings. The molecule has 9 heteroatoms. The Balaban J connectivity index is 2.22. The molecule has 1 aliphatic rings. The first-order valence-corrected chi connectivity index (χ1v) is 9.73. The van der Waals surface area contributed by atoms with E-state index in [-0.39, 0.29) is 22.1 Å². The van der Waals surface area contributed by atoms with Crippen molar-refractivity contribution in [1.82, 2.24) is 9.21 Å². The molecule has 0 spiro atoms. The number of hydrogen-bond donors (Lipinski definition) is 0. The predicted molar refractivity (Wildman–Crippen MR) is 94.6 cm³/mol. The molecule has 0 N–H and O–H groups in total. The Morgan fingerprint density at radius 1 is 1.19 bits per heavy atom. The number of nitrogens with zero attached hydrogens (tertiary/aromatic N) is 2. The zero-order valence-corrected chi connectivity index (χ0v) is 16.2. The van der Waals surface area contributed by atoms with E-state index in [2.05, 4.69) is 0 Å². The van der Waals surface area contributed by atoms with Crippen LogP contribution in [0.2, 0.25) is 0 Å². The lowest BCUT2D eigenvalue weighted by molar-refractivity contribution is -0.138.